The Morgan fingerprint density at radius 1 is 1.36 bits per heavy atom. The Balaban J connectivity index is 2.79. The third-order valence-corrected chi connectivity index (χ3v) is 1.49. The first-order valence-corrected chi connectivity index (χ1v) is 3.70. The predicted octanol–water partition coefficient (Wildman–Crippen LogP) is 2.37. The highest BCUT2D eigenvalue weighted by Crippen LogP contribution is 2.04. The molecule has 0 aliphatic heterocycles. The summed E-state index contributed by atoms with van der Waals surface area (Å²) in [4.78, 5) is 0. The van der Waals surface area contributed by atoms with Crippen molar-refractivity contribution in [3.05, 3.63) is 41.5 Å². The molecule has 0 bridgehead atoms. The fraction of sp³-hybridized carbons (Fsp3) is 0.200. The van der Waals surface area contributed by atoms with Crippen molar-refractivity contribution in [3.8, 4) is 0 Å². The van der Waals surface area contributed by atoms with E-state index in [1.807, 2.05) is 43.3 Å². The minimum absolute atomic E-state index is 0.384. The van der Waals surface area contributed by atoms with Gasteiger partial charge in [0, 0.05) is 6.54 Å². The summed E-state index contributed by atoms with van der Waals surface area (Å²) in [7, 11) is 0. The van der Waals surface area contributed by atoms with Crippen molar-refractivity contribution in [1.29, 1.82) is 0 Å². The Labute approximate surface area is 67.5 Å². The Morgan fingerprint density at radius 2 is 2.00 bits per heavy atom. The van der Waals surface area contributed by atoms with Crippen LogP contribution in [0.25, 0.3) is 6.08 Å². The third-order valence-electron chi connectivity index (χ3n) is 1.49. The molecule has 1 N–H and O–H groups in total. The van der Waals surface area contributed by atoms with Crippen molar-refractivity contribution in [2.45, 2.75) is 6.92 Å². The van der Waals surface area contributed by atoms with Gasteiger partial charge in [0.25, 0.3) is 0 Å². The van der Waals surface area contributed by atoms with Gasteiger partial charge in [-0.1, -0.05) is 42.0 Å². The summed E-state index contributed by atoms with van der Waals surface area (Å²) >= 11 is 0. The Hall–Kier alpha value is -1.08. The maximum Gasteiger partial charge on any atom is 0.0311 e. The average molecular weight is 146 g/mol. The van der Waals surface area contributed by atoms with Gasteiger partial charge < -0.3 is 0 Å². The summed E-state index contributed by atoms with van der Waals surface area (Å²) in [5.41, 5.74) is 9.36. The van der Waals surface area contributed by atoms with E-state index in [1.54, 1.807) is 0 Å². The van der Waals surface area contributed by atoms with E-state index in [0.29, 0.717) is 6.54 Å². The van der Waals surface area contributed by atoms with Gasteiger partial charge in [0.1, 0.15) is 0 Å². The summed E-state index contributed by atoms with van der Waals surface area (Å²) in [5, 5.41) is 0. The molecule has 11 heavy (non-hydrogen) atoms. The van der Waals surface area contributed by atoms with Crippen LogP contribution in [0.1, 0.15) is 12.5 Å². The smallest absolute Gasteiger partial charge is 0.0311 e. The molecule has 0 atom stereocenters. The van der Waals surface area contributed by atoms with Crippen LogP contribution in [0.4, 0.5) is 0 Å². The molecule has 1 rings (SSSR count). The van der Waals surface area contributed by atoms with Gasteiger partial charge in [0.15, 0.2) is 0 Å². The summed E-state index contributed by atoms with van der Waals surface area (Å²) < 4.78 is 0. The van der Waals surface area contributed by atoms with Crippen LogP contribution in [0.3, 0.4) is 0 Å². The van der Waals surface area contributed by atoms with Crippen LogP contribution in [-0.4, -0.2) is 6.54 Å². The second-order valence-corrected chi connectivity index (χ2v) is 2.58. The fourth-order valence-corrected chi connectivity index (χ4v) is 0.885. The third kappa shape index (κ3) is 2.56. The molecule has 0 aliphatic carbocycles. The quantitative estimate of drug-likeness (QED) is 0.611. The molecule has 0 saturated heterocycles. The maximum atomic E-state index is 7.09. The van der Waals surface area contributed by atoms with Crippen LogP contribution in [0.5, 0.6) is 0 Å². The van der Waals surface area contributed by atoms with Crippen LogP contribution in [0.2, 0.25) is 0 Å². The standard InChI is InChI=1S/C10H12N/c1-9(8-11)7-10-5-3-2-4-6-10/h2-7,11H,8H2,1H3/b9-7-. The Morgan fingerprint density at radius 3 is 2.55 bits per heavy atom. The summed E-state index contributed by atoms with van der Waals surface area (Å²) in [6.45, 7) is 2.36. The maximum absolute atomic E-state index is 7.09. The number of benzene rings is 1. The lowest BCUT2D eigenvalue weighted by Crippen LogP contribution is -1.85. The zero-order valence-corrected chi connectivity index (χ0v) is 6.67. The van der Waals surface area contributed by atoms with Gasteiger partial charge in [0.2, 0.25) is 0 Å². The first-order chi connectivity index (χ1) is 5.33. The van der Waals surface area contributed by atoms with Crippen LogP contribution >= 0.6 is 0 Å². The van der Waals surface area contributed by atoms with Gasteiger partial charge in [-0.05, 0) is 12.5 Å². The van der Waals surface area contributed by atoms with E-state index in [1.165, 1.54) is 5.56 Å². The SMILES string of the molecule is C/C(=C/c1ccccc1)C[NH]. The van der Waals surface area contributed by atoms with Gasteiger partial charge in [-0.3, -0.25) is 5.73 Å². The minimum Gasteiger partial charge on any atom is -0.253 e. The highest BCUT2D eigenvalue weighted by atomic mass is 14.5. The van der Waals surface area contributed by atoms with Gasteiger partial charge >= 0.3 is 0 Å². The lowest BCUT2D eigenvalue weighted by molar-refractivity contribution is 1.11. The second-order valence-electron chi connectivity index (χ2n) is 2.58. The highest BCUT2D eigenvalue weighted by Gasteiger charge is 1.86. The molecular weight excluding hydrogens is 134 g/mol. The largest absolute Gasteiger partial charge is 0.253 e. The van der Waals surface area contributed by atoms with Crippen molar-refractivity contribution < 1.29 is 0 Å². The lowest BCUT2D eigenvalue weighted by Gasteiger charge is -1.94. The zero-order valence-electron chi connectivity index (χ0n) is 6.67. The normalized spacial score (nSPS) is 11.6. The molecule has 0 amide bonds. The topological polar surface area (TPSA) is 23.8 Å². The van der Waals surface area contributed by atoms with Crippen LogP contribution in [-0.2, 0) is 0 Å². The van der Waals surface area contributed by atoms with E-state index in [0.717, 1.165) is 5.57 Å². The predicted molar refractivity (Wildman–Crippen MR) is 48.1 cm³/mol. The van der Waals surface area contributed by atoms with E-state index >= 15 is 0 Å². The molecule has 0 heterocycles. The minimum atomic E-state index is 0.384. The van der Waals surface area contributed by atoms with Gasteiger partial charge in [0.05, 0.1) is 0 Å². The monoisotopic (exact) mass is 146 g/mol. The molecule has 1 nitrogen and oxygen atoms in total. The fourth-order valence-electron chi connectivity index (χ4n) is 0.885. The van der Waals surface area contributed by atoms with Crippen molar-refractivity contribution in [3.63, 3.8) is 0 Å². The molecule has 0 fully saturated rings. The van der Waals surface area contributed by atoms with Gasteiger partial charge in [-0.25, -0.2) is 0 Å². The van der Waals surface area contributed by atoms with E-state index in [2.05, 4.69) is 0 Å². The number of rotatable bonds is 2. The van der Waals surface area contributed by atoms with E-state index in [9.17, 15) is 0 Å². The molecule has 0 saturated carbocycles. The molecule has 57 valence electrons. The van der Waals surface area contributed by atoms with Crippen molar-refractivity contribution in [1.82, 2.24) is 5.73 Å². The average Bonchev–Trinajstić information content (AvgIpc) is 2.06. The Bertz CT molecular complexity index is 236. The second kappa shape index (κ2) is 3.94. The van der Waals surface area contributed by atoms with Crippen LogP contribution < -0.4 is 5.73 Å². The van der Waals surface area contributed by atoms with Crippen molar-refractivity contribution >= 4 is 6.08 Å². The van der Waals surface area contributed by atoms with Crippen molar-refractivity contribution in [2.75, 3.05) is 6.54 Å². The molecule has 0 aliphatic rings. The van der Waals surface area contributed by atoms with Crippen LogP contribution in [0.15, 0.2) is 35.9 Å². The first kappa shape index (κ1) is 8.02. The molecule has 0 aromatic heterocycles. The van der Waals surface area contributed by atoms with Crippen molar-refractivity contribution in [2.24, 2.45) is 0 Å². The number of hydrogen-bond acceptors (Lipinski definition) is 0. The van der Waals surface area contributed by atoms with Gasteiger partial charge in [-0.15, -0.1) is 0 Å². The molecular formula is C10H12N. The highest BCUT2D eigenvalue weighted by molar-refractivity contribution is 5.52. The summed E-state index contributed by atoms with van der Waals surface area (Å²) in [6, 6.07) is 10.1. The molecule has 1 aromatic carbocycles. The number of hydrogen-bond donors (Lipinski definition) is 0. The molecule has 1 heteroatoms. The zero-order chi connectivity index (χ0) is 8.10. The molecule has 1 aromatic rings. The summed E-state index contributed by atoms with van der Waals surface area (Å²) in [5.74, 6) is 0. The summed E-state index contributed by atoms with van der Waals surface area (Å²) in [6.07, 6.45) is 2.03. The Kier molecular flexibility index (Phi) is 2.87. The van der Waals surface area contributed by atoms with Crippen LogP contribution in [0, 0.1) is 0 Å². The van der Waals surface area contributed by atoms with E-state index in [4.69, 9.17) is 5.73 Å². The molecule has 0 unspecified atom stereocenters. The van der Waals surface area contributed by atoms with E-state index in [-0.39, 0.29) is 0 Å². The first-order valence-electron chi connectivity index (χ1n) is 3.70. The lowest BCUT2D eigenvalue weighted by atomic mass is 10.1. The van der Waals surface area contributed by atoms with Gasteiger partial charge in [-0.2, -0.15) is 0 Å². The van der Waals surface area contributed by atoms with E-state index < -0.39 is 0 Å². The molecule has 1 radical (unpaired) electrons. The molecule has 0 spiro atoms. The number of nitrogens with one attached hydrogen (secondary N) is 1.